The van der Waals surface area contributed by atoms with E-state index in [9.17, 15) is 0 Å². The molecule has 2 rings (SSSR count). The monoisotopic (exact) mass is 311 g/mol. The van der Waals surface area contributed by atoms with Gasteiger partial charge in [0.1, 0.15) is 0 Å². The van der Waals surface area contributed by atoms with E-state index >= 15 is 0 Å². The van der Waals surface area contributed by atoms with Gasteiger partial charge in [0.2, 0.25) is 0 Å². The Morgan fingerprint density at radius 1 is 1.24 bits per heavy atom. The summed E-state index contributed by atoms with van der Waals surface area (Å²) in [5.74, 6) is 1.28. The summed E-state index contributed by atoms with van der Waals surface area (Å²) in [6.07, 6.45) is 5.16. The molecule has 0 aliphatic heterocycles. The van der Waals surface area contributed by atoms with Gasteiger partial charge in [0, 0.05) is 12.6 Å². The van der Waals surface area contributed by atoms with E-state index in [4.69, 9.17) is 21.1 Å². The minimum Gasteiger partial charge on any atom is -0.493 e. The molecule has 118 valence electrons. The molecule has 0 amide bonds. The smallest absolute Gasteiger partial charge is 0.179 e. The molecule has 0 aromatic heterocycles. The lowest BCUT2D eigenvalue weighted by Gasteiger charge is -2.39. The van der Waals surface area contributed by atoms with Crippen molar-refractivity contribution in [2.24, 2.45) is 5.41 Å². The average molecular weight is 312 g/mol. The molecular formula is C17H26ClNO2. The second-order valence-corrected chi connectivity index (χ2v) is 6.82. The first kappa shape index (κ1) is 16.4. The molecule has 1 aliphatic carbocycles. The van der Waals surface area contributed by atoms with Crippen LogP contribution in [0.1, 0.15) is 45.1 Å². The summed E-state index contributed by atoms with van der Waals surface area (Å²) < 4.78 is 10.6. The summed E-state index contributed by atoms with van der Waals surface area (Å²) in [6.45, 7) is 5.45. The minimum absolute atomic E-state index is 0.348. The van der Waals surface area contributed by atoms with Crippen LogP contribution in [0.4, 0.5) is 0 Å². The number of hydrogen-bond acceptors (Lipinski definition) is 3. The summed E-state index contributed by atoms with van der Waals surface area (Å²) in [4.78, 5) is 0. The Morgan fingerprint density at radius 3 is 2.62 bits per heavy atom. The maximum atomic E-state index is 6.44. The van der Waals surface area contributed by atoms with E-state index in [2.05, 4.69) is 19.2 Å². The first-order valence-corrected chi connectivity index (χ1v) is 8.00. The van der Waals surface area contributed by atoms with Gasteiger partial charge >= 0.3 is 0 Å². The molecule has 0 saturated heterocycles. The van der Waals surface area contributed by atoms with Crippen LogP contribution < -0.4 is 14.8 Å². The number of rotatable bonds is 5. The number of benzene rings is 1. The molecule has 1 unspecified atom stereocenters. The molecule has 1 aromatic carbocycles. The van der Waals surface area contributed by atoms with E-state index in [-0.39, 0.29) is 0 Å². The lowest BCUT2D eigenvalue weighted by molar-refractivity contribution is 0.166. The van der Waals surface area contributed by atoms with Gasteiger partial charge in [-0.1, -0.05) is 44.4 Å². The maximum Gasteiger partial charge on any atom is 0.179 e. The quantitative estimate of drug-likeness (QED) is 0.873. The van der Waals surface area contributed by atoms with E-state index in [1.54, 1.807) is 14.2 Å². The largest absolute Gasteiger partial charge is 0.493 e. The molecule has 1 atom stereocenters. The van der Waals surface area contributed by atoms with Crippen molar-refractivity contribution < 1.29 is 9.47 Å². The Kier molecular flexibility index (Phi) is 5.39. The third-order valence-corrected chi connectivity index (χ3v) is 5.03. The van der Waals surface area contributed by atoms with Crippen molar-refractivity contribution >= 4 is 11.6 Å². The zero-order chi connectivity index (χ0) is 15.5. The molecule has 1 aromatic rings. The van der Waals surface area contributed by atoms with Crippen molar-refractivity contribution in [3.8, 4) is 11.5 Å². The highest BCUT2D eigenvalue weighted by molar-refractivity contribution is 6.33. The van der Waals surface area contributed by atoms with E-state index in [0.29, 0.717) is 28.0 Å². The highest BCUT2D eigenvalue weighted by Crippen LogP contribution is 2.38. The fourth-order valence-electron chi connectivity index (χ4n) is 3.17. The van der Waals surface area contributed by atoms with Gasteiger partial charge in [-0.2, -0.15) is 0 Å². The Morgan fingerprint density at radius 2 is 2.00 bits per heavy atom. The molecule has 0 radical (unpaired) electrons. The number of methoxy groups -OCH3 is 2. The van der Waals surface area contributed by atoms with Crippen molar-refractivity contribution in [3.63, 3.8) is 0 Å². The predicted molar refractivity (Wildman–Crippen MR) is 87.4 cm³/mol. The third-order valence-electron chi connectivity index (χ3n) is 4.61. The normalized spacial score (nSPS) is 21.1. The Bertz CT molecular complexity index is 488. The average Bonchev–Trinajstić information content (AvgIpc) is 2.46. The lowest BCUT2D eigenvalue weighted by atomic mass is 9.73. The third kappa shape index (κ3) is 3.64. The zero-order valence-electron chi connectivity index (χ0n) is 13.5. The van der Waals surface area contributed by atoms with E-state index < -0.39 is 0 Å². The standard InChI is InChI=1S/C17H26ClNO2/c1-17(2)10-6-5-7-14(17)19-11-12-8-9-13(20-3)16(21-4)15(12)18/h8-9,14,19H,5-7,10-11H2,1-4H3. The van der Waals surface area contributed by atoms with Crippen molar-refractivity contribution in [2.75, 3.05) is 14.2 Å². The second kappa shape index (κ2) is 6.89. The topological polar surface area (TPSA) is 30.5 Å². The van der Waals surface area contributed by atoms with Crippen LogP contribution in [0.5, 0.6) is 11.5 Å². The highest BCUT2D eigenvalue weighted by Gasteiger charge is 2.31. The predicted octanol–water partition coefficient (Wildman–Crippen LogP) is 4.42. The number of ether oxygens (including phenoxy) is 2. The van der Waals surface area contributed by atoms with Gasteiger partial charge < -0.3 is 14.8 Å². The van der Waals surface area contributed by atoms with Gasteiger partial charge in [-0.3, -0.25) is 0 Å². The van der Waals surface area contributed by atoms with Crippen LogP contribution in [0, 0.1) is 5.41 Å². The van der Waals surface area contributed by atoms with Crippen LogP contribution in [-0.2, 0) is 6.54 Å². The van der Waals surface area contributed by atoms with Crippen LogP contribution >= 0.6 is 11.6 Å². The van der Waals surface area contributed by atoms with E-state index in [1.807, 2.05) is 12.1 Å². The molecule has 4 heteroatoms. The van der Waals surface area contributed by atoms with Gasteiger partial charge in [-0.25, -0.2) is 0 Å². The van der Waals surface area contributed by atoms with Crippen LogP contribution in [-0.4, -0.2) is 20.3 Å². The van der Waals surface area contributed by atoms with Crippen LogP contribution in [0.2, 0.25) is 5.02 Å². The summed E-state index contributed by atoms with van der Waals surface area (Å²) in [5, 5.41) is 4.31. The number of halogens is 1. The van der Waals surface area contributed by atoms with Crippen LogP contribution in [0.3, 0.4) is 0 Å². The van der Waals surface area contributed by atoms with E-state index in [1.165, 1.54) is 25.7 Å². The molecule has 21 heavy (non-hydrogen) atoms. The van der Waals surface area contributed by atoms with E-state index in [0.717, 1.165) is 12.1 Å². The molecular weight excluding hydrogens is 286 g/mol. The highest BCUT2D eigenvalue weighted by atomic mass is 35.5. The first-order chi connectivity index (χ1) is 9.99. The molecule has 0 heterocycles. The minimum atomic E-state index is 0.348. The van der Waals surface area contributed by atoms with Crippen LogP contribution in [0.25, 0.3) is 0 Å². The fraction of sp³-hybridized carbons (Fsp3) is 0.647. The van der Waals surface area contributed by atoms with Crippen LogP contribution in [0.15, 0.2) is 12.1 Å². The van der Waals surface area contributed by atoms with Gasteiger partial charge in [0.15, 0.2) is 11.5 Å². The van der Waals surface area contributed by atoms with Gasteiger partial charge in [0.25, 0.3) is 0 Å². The molecule has 1 fully saturated rings. The summed E-state index contributed by atoms with van der Waals surface area (Å²) in [5.41, 5.74) is 1.40. The van der Waals surface area contributed by atoms with Crippen molar-refractivity contribution in [1.29, 1.82) is 0 Å². The molecule has 3 nitrogen and oxygen atoms in total. The zero-order valence-corrected chi connectivity index (χ0v) is 14.2. The van der Waals surface area contributed by atoms with Crippen molar-refractivity contribution in [1.82, 2.24) is 5.32 Å². The fourth-order valence-corrected chi connectivity index (χ4v) is 3.47. The summed E-state index contributed by atoms with van der Waals surface area (Å²) in [7, 11) is 3.24. The van der Waals surface area contributed by atoms with Crippen molar-refractivity contribution in [3.05, 3.63) is 22.7 Å². The Hall–Kier alpha value is -0.930. The SMILES string of the molecule is COc1ccc(CNC2CCCCC2(C)C)c(Cl)c1OC. The number of hydrogen-bond donors (Lipinski definition) is 1. The maximum absolute atomic E-state index is 6.44. The van der Waals surface area contributed by atoms with Gasteiger partial charge in [-0.05, 0) is 29.9 Å². The summed E-state index contributed by atoms with van der Waals surface area (Å²) >= 11 is 6.44. The number of nitrogens with one attached hydrogen (secondary N) is 1. The van der Waals surface area contributed by atoms with Gasteiger partial charge in [-0.15, -0.1) is 0 Å². The molecule has 0 bridgehead atoms. The molecule has 0 spiro atoms. The molecule has 1 saturated carbocycles. The summed E-state index contributed by atoms with van der Waals surface area (Å²) in [6, 6.07) is 4.45. The Labute approximate surface area is 133 Å². The first-order valence-electron chi connectivity index (χ1n) is 7.62. The second-order valence-electron chi connectivity index (χ2n) is 6.44. The van der Waals surface area contributed by atoms with Crippen molar-refractivity contribution in [2.45, 2.75) is 52.1 Å². The lowest BCUT2D eigenvalue weighted by Crippen LogP contribution is -2.43. The molecule has 1 aliphatic rings. The molecule has 1 N–H and O–H groups in total. The van der Waals surface area contributed by atoms with Gasteiger partial charge in [0.05, 0.1) is 19.2 Å². The Balaban J connectivity index is 2.10.